The molecule has 1 N–H and O–H groups in total. The molecule has 0 unspecified atom stereocenters. The summed E-state index contributed by atoms with van der Waals surface area (Å²) in [5.41, 5.74) is -1.05. The molecule has 7 heteroatoms. The van der Waals surface area contributed by atoms with Gasteiger partial charge in [-0.05, 0) is 18.9 Å². The maximum absolute atomic E-state index is 14.1. The van der Waals surface area contributed by atoms with Gasteiger partial charge >= 0.3 is 6.18 Å². The number of nitrogens with one attached hydrogen (secondary N) is 1. The van der Waals surface area contributed by atoms with Crippen LogP contribution in [0.5, 0.6) is 0 Å². The van der Waals surface area contributed by atoms with Crippen molar-refractivity contribution < 1.29 is 22.3 Å². The summed E-state index contributed by atoms with van der Waals surface area (Å²) >= 11 is 5.11. The van der Waals surface area contributed by atoms with Crippen LogP contribution in [0.25, 0.3) is 0 Å². The topological polar surface area (TPSA) is 21.3 Å². The molecule has 1 aromatic carbocycles. The van der Waals surface area contributed by atoms with E-state index in [1.807, 2.05) is 0 Å². The fraction of sp³-hybridized carbons (Fsp3) is 0.500. The maximum atomic E-state index is 14.1. The van der Waals surface area contributed by atoms with E-state index in [-0.39, 0.29) is 18.6 Å². The van der Waals surface area contributed by atoms with Crippen LogP contribution in [-0.4, -0.2) is 23.9 Å². The van der Waals surface area contributed by atoms with Gasteiger partial charge in [0.1, 0.15) is 5.82 Å². The number of fused-ring (bicyclic) bond motifs is 1. The standard InChI is InChI=1S/C14H13F4NOS/c15-10-4-2-1-3-8(10)13-7-20-12(14(16,17)18)9(13)5-6-11(21)19-13/h1-4,9,12H,5-7H2,(H,19,21)/t9-,12+,13-/m1/s1. The Kier molecular flexibility index (Phi) is 3.44. The summed E-state index contributed by atoms with van der Waals surface area (Å²) in [7, 11) is 0. The van der Waals surface area contributed by atoms with Crippen LogP contribution in [0.3, 0.4) is 0 Å². The molecule has 21 heavy (non-hydrogen) atoms. The molecule has 1 aromatic rings. The van der Waals surface area contributed by atoms with E-state index in [9.17, 15) is 17.6 Å². The molecular weight excluding hydrogens is 306 g/mol. The fourth-order valence-corrected chi connectivity index (χ4v) is 3.62. The van der Waals surface area contributed by atoms with E-state index in [1.165, 1.54) is 18.2 Å². The lowest BCUT2D eigenvalue weighted by Crippen LogP contribution is -2.56. The van der Waals surface area contributed by atoms with Gasteiger partial charge in [-0.15, -0.1) is 0 Å². The largest absolute Gasteiger partial charge is 0.414 e. The molecule has 2 nitrogen and oxygen atoms in total. The Morgan fingerprint density at radius 3 is 2.67 bits per heavy atom. The predicted molar refractivity (Wildman–Crippen MR) is 72.3 cm³/mol. The molecule has 2 aliphatic rings. The molecule has 0 bridgehead atoms. The summed E-state index contributed by atoms with van der Waals surface area (Å²) in [6.07, 6.45) is -5.79. The molecule has 0 radical (unpaired) electrons. The van der Waals surface area contributed by atoms with Gasteiger partial charge in [0, 0.05) is 11.5 Å². The van der Waals surface area contributed by atoms with E-state index in [1.54, 1.807) is 6.07 Å². The molecule has 0 saturated carbocycles. The van der Waals surface area contributed by atoms with Crippen LogP contribution in [0.1, 0.15) is 18.4 Å². The van der Waals surface area contributed by atoms with Gasteiger partial charge in [0.25, 0.3) is 0 Å². The predicted octanol–water partition coefficient (Wildman–Crippen LogP) is 3.31. The zero-order valence-electron chi connectivity index (χ0n) is 10.9. The Labute approximate surface area is 124 Å². The molecule has 114 valence electrons. The highest BCUT2D eigenvalue weighted by Crippen LogP contribution is 2.49. The van der Waals surface area contributed by atoms with Crippen molar-refractivity contribution in [2.45, 2.75) is 30.7 Å². The number of halogens is 4. The second-order valence-corrected chi connectivity index (χ2v) is 5.91. The van der Waals surface area contributed by atoms with Crippen molar-refractivity contribution >= 4 is 17.2 Å². The summed E-state index contributed by atoms with van der Waals surface area (Å²) < 4.78 is 58.6. The van der Waals surface area contributed by atoms with Crippen molar-refractivity contribution in [2.24, 2.45) is 5.92 Å². The first-order valence-corrected chi connectivity index (χ1v) is 7.00. The first kappa shape index (κ1) is 14.7. The summed E-state index contributed by atoms with van der Waals surface area (Å²) in [5, 5.41) is 2.92. The Bertz CT molecular complexity index is 576. The smallest absolute Gasteiger partial charge is 0.367 e. The molecule has 2 aliphatic heterocycles. The van der Waals surface area contributed by atoms with Crippen molar-refractivity contribution in [1.82, 2.24) is 5.32 Å². The number of alkyl halides is 3. The third-order valence-electron chi connectivity index (χ3n) is 4.21. The van der Waals surface area contributed by atoms with Crippen LogP contribution < -0.4 is 5.32 Å². The molecule has 2 fully saturated rings. The van der Waals surface area contributed by atoms with Gasteiger partial charge in [-0.3, -0.25) is 0 Å². The molecule has 0 aliphatic carbocycles. The number of hydrogen-bond acceptors (Lipinski definition) is 2. The third kappa shape index (κ3) is 2.32. The minimum absolute atomic E-state index is 0.184. The van der Waals surface area contributed by atoms with Crippen molar-refractivity contribution in [2.75, 3.05) is 6.61 Å². The van der Waals surface area contributed by atoms with E-state index in [4.69, 9.17) is 17.0 Å². The van der Waals surface area contributed by atoms with Gasteiger partial charge in [0.15, 0.2) is 6.10 Å². The maximum Gasteiger partial charge on any atom is 0.414 e. The van der Waals surface area contributed by atoms with Crippen LogP contribution in [0.2, 0.25) is 0 Å². The summed E-state index contributed by atoms with van der Waals surface area (Å²) in [6.45, 7) is -0.247. The zero-order chi connectivity index (χ0) is 15.3. The van der Waals surface area contributed by atoms with Gasteiger partial charge in [0.2, 0.25) is 0 Å². The molecule has 0 aromatic heterocycles. The van der Waals surface area contributed by atoms with Crippen LogP contribution in [-0.2, 0) is 10.3 Å². The Hall–Kier alpha value is -1.21. The van der Waals surface area contributed by atoms with Crippen LogP contribution in [0.4, 0.5) is 17.6 Å². The molecule has 0 amide bonds. The van der Waals surface area contributed by atoms with E-state index in [2.05, 4.69) is 5.32 Å². The highest BCUT2D eigenvalue weighted by molar-refractivity contribution is 7.80. The normalized spacial score (nSPS) is 32.7. The average Bonchev–Trinajstić information content (AvgIpc) is 2.78. The fourth-order valence-electron chi connectivity index (χ4n) is 3.32. The second kappa shape index (κ2) is 4.91. The van der Waals surface area contributed by atoms with Gasteiger partial charge in [0.05, 0.1) is 17.1 Å². The highest BCUT2D eigenvalue weighted by atomic mass is 32.1. The van der Waals surface area contributed by atoms with Crippen molar-refractivity contribution in [1.29, 1.82) is 0 Å². The quantitative estimate of drug-likeness (QED) is 0.634. The number of piperidine rings is 1. The van der Waals surface area contributed by atoms with Crippen molar-refractivity contribution in [3.63, 3.8) is 0 Å². The summed E-state index contributed by atoms with van der Waals surface area (Å²) in [6, 6.07) is 5.83. The van der Waals surface area contributed by atoms with Crippen molar-refractivity contribution in [3.8, 4) is 0 Å². The van der Waals surface area contributed by atoms with Crippen LogP contribution in [0, 0.1) is 11.7 Å². The lowest BCUT2D eigenvalue weighted by atomic mass is 9.73. The highest BCUT2D eigenvalue weighted by Gasteiger charge is 2.61. The number of ether oxygens (including phenoxy) is 1. The van der Waals surface area contributed by atoms with Gasteiger partial charge in [-0.2, -0.15) is 13.2 Å². The minimum atomic E-state index is -4.47. The average molecular weight is 319 g/mol. The zero-order valence-corrected chi connectivity index (χ0v) is 11.7. The van der Waals surface area contributed by atoms with Gasteiger partial charge in [-0.1, -0.05) is 30.4 Å². The van der Waals surface area contributed by atoms with Crippen LogP contribution >= 0.6 is 12.2 Å². The Morgan fingerprint density at radius 2 is 2.00 bits per heavy atom. The summed E-state index contributed by atoms with van der Waals surface area (Å²) in [5.74, 6) is -1.44. The lowest BCUT2D eigenvalue weighted by Gasteiger charge is -2.41. The van der Waals surface area contributed by atoms with Gasteiger partial charge in [-0.25, -0.2) is 4.39 Å². The molecule has 2 saturated heterocycles. The van der Waals surface area contributed by atoms with E-state index >= 15 is 0 Å². The molecule has 0 spiro atoms. The molecule has 3 atom stereocenters. The number of hydrogen-bond donors (Lipinski definition) is 1. The summed E-state index contributed by atoms with van der Waals surface area (Å²) in [4.78, 5) is 0.445. The number of thiocarbonyl (C=S) groups is 1. The molecule has 3 rings (SSSR count). The first-order chi connectivity index (χ1) is 9.84. The second-order valence-electron chi connectivity index (χ2n) is 5.42. The van der Waals surface area contributed by atoms with Crippen molar-refractivity contribution in [3.05, 3.63) is 35.6 Å². The Balaban J connectivity index is 2.08. The number of benzene rings is 1. The monoisotopic (exact) mass is 319 g/mol. The van der Waals surface area contributed by atoms with Gasteiger partial charge < -0.3 is 10.1 Å². The van der Waals surface area contributed by atoms with Crippen LogP contribution in [0.15, 0.2) is 24.3 Å². The third-order valence-corrected chi connectivity index (χ3v) is 4.52. The number of rotatable bonds is 1. The molecular formula is C14H13F4NOS. The van der Waals surface area contributed by atoms with E-state index in [0.29, 0.717) is 11.4 Å². The first-order valence-electron chi connectivity index (χ1n) is 6.59. The SMILES string of the molecule is Fc1ccccc1[C@]12CO[C@H](C(F)(F)F)[C@H]1CCC(=S)N2. The van der Waals surface area contributed by atoms with E-state index < -0.39 is 29.6 Å². The van der Waals surface area contributed by atoms with E-state index in [0.717, 1.165) is 0 Å². The lowest BCUT2D eigenvalue weighted by molar-refractivity contribution is -0.217. The minimum Gasteiger partial charge on any atom is -0.367 e. The Morgan fingerprint density at radius 1 is 1.29 bits per heavy atom. The molecule has 2 heterocycles.